The fourth-order valence-electron chi connectivity index (χ4n) is 1.84. The standard InChI is InChI=1S/C13H21O6/c14-11(15)7-1-4-10(5-2-8-12(16)17)6-3-9-13(18)19/h1-9H2,(H,14,15)(H,16,17)(H,18,19). The third-order valence-corrected chi connectivity index (χ3v) is 2.76. The van der Waals surface area contributed by atoms with Gasteiger partial charge in [-0.15, -0.1) is 0 Å². The first kappa shape index (κ1) is 17.4. The molecule has 3 N–H and O–H groups in total. The Kier molecular flexibility index (Phi) is 9.48. The van der Waals surface area contributed by atoms with Gasteiger partial charge in [0.15, 0.2) is 0 Å². The molecule has 0 aromatic carbocycles. The van der Waals surface area contributed by atoms with Crippen LogP contribution < -0.4 is 0 Å². The largest absolute Gasteiger partial charge is 0.481 e. The molecule has 6 nitrogen and oxygen atoms in total. The zero-order chi connectivity index (χ0) is 14.7. The molecule has 0 heterocycles. The Balaban J connectivity index is 3.94. The van der Waals surface area contributed by atoms with Crippen molar-refractivity contribution >= 4 is 17.9 Å². The van der Waals surface area contributed by atoms with E-state index in [0.29, 0.717) is 38.5 Å². The summed E-state index contributed by atoms with van der Waals surface area (Å²) in [6.45, 7) is 0. The molecule has 19 heavy (non-hydrogen) atoms. The second-order valence-electron chi connectivity index (χ2n) is 4.49. The number of aliphatic carboxylic acids is 3. The maximum Gasteiger partial charge on any atom is 0.303 e. The molecule has 0 aromatic rings. The van der Waals surface area contributed by atoms with Crippen molar-refractivity contribution in [1.29, 1.82) is 0 Å². The van der Waals surface area contributed by atoms with Crippen molar-refractivity contribution in [2.24, 2.45) is 0 Å². The highest BCUT2D eigenvalue weighted by atomic mass is 16.4. The molecule has 0 aliphatic carbocycles. The summed E-state index contributed by atoms with van der Waals surface area (Å²) in [5.41, 5.74) is 0. The topological polar surface area (TPSA) is 112 Å². The zero-order valence-electron chi connectivity index (χ0n) is 10.9. The van der Waals surface area contributed by atoms with E-state index in [1.54, 1.807) is 0 Å². The maximum atomic E-state index is 10.4. The summed E-state index contributed by atoms with van der Waals surface area (Å²) in [4.78, 5) is 31.3. The first-order chi connectivity index (χ1) is 8.91. The lowest BCUT2D eigenvalue weighted by Gasteiger charge is -2.14. The van der Waals surface area contributed by atoms with Crippen molar-refractivity contribution in [3.05, 3.63) is 5.92 Å². The van der Waals surface area contributed by atoms with Crippen LogP contribution >= 0.6 is 0 Å². The predicted molar refractivity (Wildman–Crippen MR) is 67.7 cm³/mol. The third-order valence-electron chi connectivity index (χ3n) is 2.76. The lowest BCUT2D eigenvalue weighted by Crippen LogP contribution is -2.04. The van der Waals surface area contributed by atoms with Crippen LogP contribution in [-0.2, 0) is 14.4 Å². The highest BCUT2D eigenvalue weighted by molar-refractivity contribution is 5.67. The Hall–Kier alpha value is -1.59. The number of carboxylic acids is 3. The first-order valence-corrected chi connectivity index (χ1v) is 6.40. The van der Waals surface area contributed by atoms with Crippen LogP contribution in [0.15, 0.2) is 0 Å². The molecule has 0 aliphatic rings. The van der Waals surface area contributed by atoms with E-state index in [4.69, 9.17) is 15.3 Å². The maximum absolute atomic E-state index is 10.4. The van der Waals surface area contributed by atoms with Crippen molar-refractivity contribution in [2.45, 2.75) is 57.8 Å². The van der Waals surface area contributed by atoms with Gasteiger partial charge in [-0.1, -0.05) is 0 Å². The molecule has 0 rings (SSSR count). The Morgan fingerprint density at radius 1 is 0.526 bits per heavy atom. The molecule has 0 aliphatic heterocycles. The first-order valence-electron chi connectivity index (χ1n) is 6.40. The number of carboxylic acid groups (broad SMARTS) is 3. The highest BCUT2D eigenvalue weighted by Crippen LogP contribution is 2.24. The summed E-state index contributed by atoms with van der Waals surface area (Å²) in [6.07, 6.45) is 3.70. The summed E-state index contributed by atoms with van der Waals surface area (Å²) < 4.78 is 0. The average molecular weight is 273 g/mol. The van der Waals surface area contributed by atoms with Gasteiger partial charge in [0.2, 0.25) is 0 Å². The summed E-state index contributed by atoms with van der Waals surface area (Å²) in [7, 11) is 0. The SMILES string of the molecule is O=C(O)CCC[C](CCCC(=O)O)CCCC(=O)O. The van der Waals surface area contributed by atoms with Gasteiger partial charge in [-0.2, -0.15) is 0 Å². The van der Waals surface area contributed by atoms with E-state index in [0.717, 1.165) is 5.92 Å². The van der Waals surface area contributed by atoms with Crippen LogP contribution in [0.3, 0.4) is 0 Å². The van der Waals surface area contributed by atoms with Crippen molar-refractivity contribution in [2.75, 3.05) is 0 Å². The van der Waals surface area contributed by atoms with Gasteiger partial charge in [-0.3, -0.25) is 14.4 Å². The normalized spacial score (nSPS) is 10.6. The van der Waals surface area contributed by atoms with Crippen LogP contribution in [0.5, 0.6) is 0 Å². The van der Waals surface area contributed by atoms with Crippen LogP contribution in [0.25, 0.3) is 0 Å². The minimum atomic E-state index is -0.851. The molecule has 0 unspecified atom stereocenters. The van der Waals surface area contributed by atoms with E-state index < -0.39 is 17.9 Å². The molecular weight excluding hydrogens is 252 g/mol. The van der Waals surface area contributed by atoms with Gasteiger partial charge in [-0.05, 0) is 44.4 Å². The molecule has 0 bridgehead atoms. The van der Waals surface area contributed by atoms with Gasteiger partial charge in [0.1, 0.15) is 0 Å². The van der Waals surface area contributed by atoms with E-state index in [9.17, 15) is 14.4 Å². The Morgan fingerprint density at radius 2 is 0.789 bits per heavy atom. The monoisotopic (exact) mass is 273 g/mol. The number of rotatable bonds is 12. The number of carbonyl (C=O) groups is 3. The second-order valence-corrected chi connectivity index (χ2v) is 4.49. The molecule has 0 saturated heterocycles. The van der Waals surface area contributed by atoms with E-state index >= 15 is 0 Å². The van der Waals surface area contributed by atoms with E-state index in [1.807, 2.05) is 0 Å². The zero-order valence-corrected chi connectivity index (χ0v) is 10.9. The highest BCUT2D eigenvalue weighted by Gasteiger charge is 2.12. The lowest BCUT2D eigenvalue weighted by atomic mass is 9.91. The summed E-state index contributed by atoms with van der Waals surface area (Å²) >= 11 is 0. The fraction of sp³-hybridized carbons (Fsp3) is 0.692. The van der Waals surface area contributed by atoms with E-state index in [2.05, 4.69) is 0 Å². The van der Waals surface area contributed by atoms with Crippen molar-refractivity contribution in [3.63, 3.8) is 0 Å². The molecule has 0 atom stereocenters. The van der Waals surface area contributed by atoms with Gasteiger partial charge in [-0.25, -0.2) is 0 Å². The van der Waals surface area contributed by atoms with Crippen molar-refractivity contribution in [3.8, 4) is 0 Å². The molecular formula is C13H21O6. The van der Waals surface area contributed by atoms with Crippen LogP contribution in [0.1, 0.15) is 57.8 Å². The average Bonchev–Trinajstić information content (AvgIpc) is 2.26. The molecule has 0 saturated carbocycles. The van der Waals surface area contributed by atoms with E-state index in [-0.39, 0.29) is 19.3 Å². The Labute approximate surface area is 112 Å². The van der Waals surface area contributed by atoms with Gasteiger partial charge < -0.3 is 15.3 Å². The summed E-state index contributed by atoms with van der Waals surface area (Å²) in [6, 6.07) is 0. The van der Waals surface area contributed by atoms with Gasteiger partial charge in [0.05, 0.1) is 0 Å². The smallest absolute Gasteiger partial charge is 0.303 e. The summed E-state index contributed by atoms with van der Waals surface area (Å²) in [5.74, 6) is -1.48. The van der Waals surface area contributed by atoms with Crippen LogP contribution in [0, 0.1) is 5.92 Å². The van der Waals surface area contributed by atoms with Crippen LogP contribution in [0.2, 0.25) is 0 Å². The quantitative estimate of drug-likeness (QED) is 0.503. The molecule has 109 valence electrons. The summed E-state index contributed by atoms with van der Waals surface area (Å²) in [5, 5.41) is 25.7. The predicted octanol–water partition coefficient (Wildman–Crippen LogP) is 2.33. The van der Waals surface area contributed by atoms with Crippen LogP contribution in [0.4, 0.5) is 0 Å². The number of hydrogen-bond donors (Lipinski definition) is 3. The van der Waals surface area contributed by atoms with Crippen molar-refractivity contribution in [1.82, 2.24) is 0 Å². The minimum Gasteiger partial charge on any atom is -0.481 e. The van der Waals surface area contributed by atoms with Gasteiger partial charge in [0, 0.05) is 19.3 Å². The molecule has 0 spiro atoms. The Morgan fingerprint density at radius 3 is 1.00 bits per heavy atom. The molecule has 0 amide bonds. The van der Waals surface area contributed by atoms with Gasteiger partial charge >= 0.3 is 17.9 Å². The second kappa shape index (κ2) is 10.3. The Bertz CT molecular complexity index is 252. The molecule has 6 heteroatoms. The fourth-order valence-corrected chi connectivity index (χ4v) is 1.84. The van der Waals surface area contributed by atoms with E-state index in [1.165, 1.54) is 0 Å². The van der Waals surface area contributed by atoms with Crippen molar-refractivity contribution < 1.29 is 29.7 Å². The lowest BCUT2D eigenvalue weighted by molar-refractivity contribution is -0.138. The third kappa shape index (κ3) is 12.7. The van der Waals surface area contributed by atoms with Gasteiger partial charge in [0.25, 0.3) is 0 Å². The van der Waals surface area contributed by atoms with Crippen LogP contribution in [-0.4, -0.2) is 33.2 Å². The minimum absolute atomic E-state index is 0.0847. The molecule has 0 fully saturated rings. The number of hydrogen-bond acceptors (Lipinski definition) is 3. The molecule has 1 radical (unpaired) electrons. The molecule has 0 aromatic heterocycles.